The lowest BCUT2D eigenvalue weighted by Gasteiger charge is -2.44. The Kier molecular flexibility index (Phi) is 45.0. The smallest absolute Gasteiger partial charge is 0.408 e. The van der Waals surface area contributed by atoms with E-state index in [1.54, 1.807) is 6.92 Å². The molecule has 6 aliphatic rings. The van der Waals surface area contributed by atoms with E-state index in [0.29, 0.717) is 75.0 Å². The van der Waals surface area contributed by atoms with Crippen molar-refractivity contribution >= 4 is 124 Å². The maximum absolute atomic E-state index is 13.3. The fourth-order valence-corrected chi connectivity index (χ4v) is 13.7. The Balaban J connectivity index is 0. The van der Waals surface area contributed by atoms with E-state index in [-0.39, 0.29) is 140 Å². The summed E-state index contributed by atoms with van der Waals surface area (Å²) in [7, 11) is 2.68. The van der Waals surface area contributed by atoms with Crippen LogP contribution in [-0.4, -0.2) is 245 Å². The number of rotatable bonds is 18. The average Bonchev–Trinajstić information content (AvgIpc) is 1.74. The molecule has 3 unspecified atom stereocenters. The molecule has 0 radical (unpaired) electrons. The zero-order valence-electron chi connectivity index (χ0n) is 65.1. The molecule has 2 aromatic carbocycles. The van der Waals surface area contributed by atoms with Crippen molar-refractivity contribution in [3.63, 3.8) is 0 Å². The van der Waals surface area contributed by atoms with E-state index < -0.39 is 58.0 Å². The third-order valence-corrected chi connectivity index (χ3v) is 19.3. The lowest BCUT2D eigenvalue weighted by Crippen LogP contribution is -2.59. The second-order valence-electron chi connectivity index (χ2n) is 29.2. The van der Waals surface area contributed by atoms with Crippen LogP contribution in [0.4, 0.5) is 14.4 Å². The Morgan fingerprint density at radius 3 is 1.08 bits per heavy atom. The summed E-state index contributed by atoms with van der Waals surface area (Å²) in [6.07, 6.45) is 8.67. The number of esters is 2. The van der Waals surface area contributed by atoms with Gasteiger partial charge in [-0.05, 0) is 172 Å². The van der Waals surface area contributed by atoms with Crippen LogP contribution < -0.4 is 32.3 Å². The highest BCUT2D eigenvalue weighted by Gasteiger charge is 2.47. The number of ether oxygens (including phenoxy) is 4. The summed E-state index contributed by atoms with van der Waals surface area (Å²) in [5.41, 5.74) is 7.01. The van der Waals surface area contributed by atoms with Gasteiger partial charge in [0.05, 0.1) is 48.5 Å². The molecule has 6 fully saturated rings. The van der Waals surface area contributed by atoms with E-state index in [1.165, 1.54) is 20.8 Å². The monoisotopic (exact) mass is 1590 g/mol. The quantitative estimate of drug-likeness (QED) is 0.0359. The summed E-state index contributed by atoms with van der Waals surface area (Å²) >= 11 is 0. The van der Waals surface area contributed by atoms with Crippen LogP contribution in [0.25, 0.3) is 0 Å². The largest absolute Gasteiger partial charge is 0.445 e. The lowest BCUT2D eigenvalue weighted by molar-refractivity contribution is -0.156. The molecule has 3 heterocycles. The van der Waals surface area contributed by atoms with Gasteiger partial charge in [0.1, 0.15) is 30.9 Å². The summed E-state index contributed by atoms with van der Waals surface area (Å²) in [5.74, 6) is -1.44. The number of benzene rings is 2. The Hall–Kier alpha value is -6.11. The van der Waals surface area contributed by atoms with Crippen molar-refractivity contribution in [1.29, 1.82) is 0 Å². The number of nitrogens with one attached hydrogen (secondary N) is 5. The molecule has 29 nitrogen and oxygen atoms in total. The second kappa shape index (κ2) is 47.7. The molecule has 0 bridgehead atoms. The topological polar surface area (TPSA) is 368 Å². The predicted molar refractivity (Wildman–Crippen MR) is 429 cm³/mol. The van der Waals surface area contributed by atoms with Gasteiger partial charge in [-0.2, -0.15) is 62.4 Å². The van der Waals surface area contributed by atoms with Gasteiger partial charge in [-0.1, -0.05) is 60.7 Å². The fraction of sp³-hybridized carbons (Fsp3) is 0.694. The van der Waals surface area contributed by atoms with Crippen molar-refractivity contribution in [3.05, 3.63) is 71.8 Å². The molecular formula is C72H128N12O17S5. The minimum absolute atomic E-state index is 0. The van der Waals surface area contributed by atoms with Gasteiger partial charge >= 0.3 is 30.2 Å². The first-order valence-electron chi connectivity index (χ1n) is 35.6. The molecule has 0 aromatic heterocycles. The molecule has 3 saturated carbocycles. The van der Waals surface area contributed by atoms with E-state index >= 15 is 0 Å². The molecule has 8 rings (SSSR count). The van der Waals surface area contributed by atoms with Crippen molar-refractivity contribution < 1.29 is 81.3 Å². The minimum atomic E-state index is -3.67. The minimum Gasteiger partial charge on any atom is -0.445 e. The van der Waals surface area contributed by atoms with Crippen molar-refractivity contribution in [2.24, 2.45) is 5.73 Å². The molecule has 106 heavy (non-hydrogen) atoms. The number of carbonyl (C=O) groups excluding carboxylic acids is 10. The van der Waals surface area contributed by atoms with Crippen molar-refractivity contribution in [2.45, 2.75) is 277 Å². The van der Waals surface area contributed by atoms with Crippen LogP contribution in [0, 0.1) is 0 Å². The normalized spacial score (nSPS) is 24.0. The molecule has 3 aliphatic heterocycles. The molecule has 12 atom stereocenters. The van der Waals surface area contributed by atoms with Gasteiger partial charge in [-0.25, -0.2) is 14.4 Å². The van der Waals surface area contributed by atoms with Gasteiger partial charge in [0, 0.05) is 85.0 Å². The number of alkyl carbamates (subject to hydrolysis) is 3. The number of carbonyl (C=O) groups is 10. The molecule has 3 aliphatic carbocycles. The summed E-state index contributed by atoms with van der Waals surface area (Å²) < 4.78 is 45.9. The third-order valence-electron chi connectivity index (χ3n) is 19.3. The second-order valence-corrected chi connectivity index (χ2v) is 30.6. The fourth-order valence-electron chi connectivity index (χ4n) is 13.7. The van der Waals surface area contributed by atoms with Crippen molar-refractivity contribution in [1.82, 2.24) is 56.0 Å². The van der Waals surface area contributed by atoms with E-state index in [4.69, 9.17) is 24.5 Å². The van der Waals surface area contributed by atoms with Crippen molar-refractivity contribution in [2.75, 3.05) is 47.0 Å². The molecule has 3 saturated heterocycles. The van der Waals surface area contributed by atoms with E-state index in [0.717, 1.165) is 75.3 Å². The maximum atomic E-state index is 13.3. The molecular weight excluding hydrogens is 1470 g/mol. The van der Waals surface area contributed by atoms with Crippen LogP contribution in [0.15, 0.2) is 60.7 Å². The van der Waals surface area contributed by atoms with Gasteiger partial charge in [-0.15, -0.1) is 0 Å². The van der Waals surface area contributed by atoms with E-state index in [2.05, 4.69) is 109 Å². The first-order chi connectivity index (χ1) is 47.6. The summed E-state index contributed by atoms with van der Waals surface area (Å²) in [6, 6.07) is 19.2. The van der Waals surface area contributed by atoms with Crippen LogP contribution in [0.3, 0.4) is 0 Å². The van der Waals surface area contributed by atoms with E-state index in [9.17, 15) is 56.4 Å². The maximum Gasteiger partial charge on any atom is 0.408 e. The number of amides is 8. The highest BCUT2D eigenvalue weighted by Crippen LogP contribution is 2.34. The Bertz CT molecular complexity index is 3190. The lowest BCUT2D eigenvalue weighted by atomic mass is 9.84. The Morgan fingerprint density at radius 2 is 0.811 bits per heavy atom. The van der Waals surface area contributed by atoms with Gasteiger partial charge in [0.15, 0.2) is 0 Å². The highest BCUT2D eigenvalue weighted by atomic mass is 32.2. The summed E-state index contributed by atoms with van der Waals surface area (Å²) in [6.45, 7) is 26.0. The third kappa shape index (κ3) is 34.6. The first kappa shape index (κ1) is 99.9. The van der Waals surface area contributed by atoms with Crippen LogP contribution in [0.2, 0.25) is 0 Å². The Labute approximate surface area is 658 Å². The zero-order chi connectivity index (χ0) is 76.5. The molecule has 608 valence electrons. The molecule has 2 aromatic rings. The van der Waals surface area contributed by atoms with Gasteiger partial charge < -0.3 is 80.7 Å². The van der Waals surface area contributed by atoms with Crippen LogP contribution >= 0.6 is 54.0 Å². The molecule has 34 heteroatoms. The number of hydrogen-bond donors (Lipinski definition) is 7. The SMILES string of the molecule is CC(=O)N[C@@H]1C[C@H](N(C)C(C)C)CCC1N1CC[C@H](N)C1=O.CC(=O)N[C@@H]1C[C@H](N(C)C(C)C)CCC1N1CC[C@H](NC(=O)OCc2ccccc2)C1=O.CC(=O)OC(C)=O.CC(C)N(C)[C@@H]1CCC(N2CC[C@H](NC(=O)OCc3ccccc3)C2=O)[C@H](NC(=O)OC(C)(C)C)C1.CS(=O)(=O)O.S.S.S.S.[HH]. The van der Waals surface area contributed by atoms with Crippen LogP contribution in [-0.2, 0) is 75.8 Å². The molecule has 0 spiro atoms. The standard InChI is InChI=1S/C27H42N4O5.C24H36N4O4.C16H30N4O2.C4H6O3.CH4O3S.4H2S.H2/c1-18(2)30(6)20-12-13-23(22(16-20)29-26(34)36-27(3,4)5)31-15-14-21(24(31)32)28-25(33)35-17-19-10-8-7-9-11-19;1-16(2)27(4)19-10-11-22(21(14-19)25-17(3)29)28-13-12-20(23(28)30)26-24(31)32-15-18-8-6-5-7-9-18;1-10(2)19(4)12-5-6-15(14(9-12)18-11(3)21)20-8-7-13(17)16(20)22;1-3(5)7-4(2)6;1-5(2,3)4;;;;;/h7-11,18,20-23H,12-17H2,1-6H3,(H,28,33)(H,29,34);5-9,16,19-22H,10-15H2,1-4H3,(H,25,29)(H,26,31);10,12-15H,5-9,17H2,1-4H3,(H,18,21);1-2H3;1H3,(H,2,3,4);4*1H2;1H/t20-,21+,22-,23?;19-,20+,21-,22?;12-,13+,14-,15?;;;;;;;/m111......./s1. The van der Waals surface area contributed by atoms with Crippen LogP contribution in [0.5, 0.6) is 0 Å². The van der Waals surface area contributed by atoms with E-state index in [1.807, 2.05) is 96.1 Å². The Morgan fingerprint density at radius 1 is 0.509 bits per heavy atom. The summed E-state index contributed by atoms with van der Waals surface area (Å²) in [4.78, 5) is 131. The van der Waals surface area contributed by atoms with Crippen molar-refractivity contribution in [3.8, 4) is 0 Å². The first-order valence-corrected chi connectivity index (χ1v) is 37.4. The highest BCUT2D eigenvalue weighted by molar-refractivity contribution is 7.85. The summed E-state index contributed by atoms with van der Waals surface area (Å²) in [5, 5.41) is 14.6. The molecule has 8 amide bonds. The van der Waals surface area contributed by atoms with Gasteiger partial charge in [-0.3, -0.25) is 38.1 Å². The number of likely N-dealkylation sites (tertiary alicyclic amines) is 3. The average molecular weight is 1590 g/mol. The number of nitrogens with two attached hydrogens (primary N) is 1. The van der Waals surface area contributed by atoms with Gasteiger partial charge in [0.25, 0.3) is 10.1 Å². The molecule has 8 N–H and O–H groups in total. The zero-order valence-corrected chi connectivity index (χ0v) is 69.9. The van der Waals surface area contributed by atoms with Crippen LogP contribution in [0.1, 0.15) is 180 Å². The number of hydrogen-bond acceptors (Lipinski definition) is 20. The predicted octanol–water partition coefficient (Wildman–Crippen LogP) is 6.56. The number of nitrogens with zero attached hydrogens (tertiary/aromatic N) is 6. The van der Waals surface area contributed by atoms with Gasteiger partial charge in [0.2, 0.25) is 29.5 Å².